The molecule has 1 aliphatic rings. The van der Waals surface area contributed by atoms with E-state index in [2.05, 4.69) is 46.7 Å². The number of benzene rings is 1. The third-order valence-corrected chi connectivity index (χ3v) is 5.72. The van der Waals surface area contributed by atoms with Crippen LogP contribution in [0.3, 0.4) is 0 Å². The van der Waals surface area contributed by atoms with Gasteiger partial charge in [0.25, 0.3) is 0 Å². The second-order valence-electron chi connectivity index (χ2n) is 6.07. The highest BCUT2D eigenvalue weighted by molar-refractivity contribution is 9.10. The van der Waals surface area contributed by atoms with E-state index in [0.29, 0.717) is 32.9 Å². The summed E-state index contributed by atoms with van der Waals surface area (Å²) in [6.45, 7) is 1.35. The molecule has 1 amide bonds. The van der Waals surface area contributed by atoms with Gasteiger partial charge in [0.2, 0.25) is 11.1 Å². The lowest BCUT2D eigenvalue weighted by Crippen LogP contribution is -2.18. The highest BCUT2D eigenvalue weighted by atomic mass is 79.9. The van der Waals surface area contributed by atoms with Gasteiger partial charge in [0.05, 0.1) is 35.1 Å². The van der Waals surface area contributed by atoms with Crippen molar-refractivity contribution < 1.29 is 9.53 Å². The third-order valence-electron chi connectivity index (χ3n) is 4.11. The molecule has 1 atom stereocenters. The van der Waals surface area contributed by atoms with E-state index >= 15 is 0 Å². The van der Waals surface area contributed by atoms with Crippen molar-refractivity contribution in [2.45, 2.75) is 30.6 Å². The summed E-state index contributed by atoms with van der Waals surface area (Å²) in [5, 5.41) is 15.0. The van der Waals surface area contributed by atoms with E-state index in [1.165, 1.54) is 11.8 Å². The zero-order chi connectivity index (χ0) is 18.8. The van der Waals surface area contributed by atoms with Crippen molar-refractivity contribution >= 4 is 50.3 Å². The van der Waals surface area contributed by atoms with Crippen LogP contribution in [0.4, 0.5) is 5.69 Å². The van der Waals surface area contributed by atoms with Crippen molar-refractivity contribution in [3.8, 4) is 0 Å². The number of H-pyrrole nitrogens is 2. The van der Waals surface area contributed by atoms with Crippen LogP contribution in [0.5, 0.6) is 0 Å². The van der Waals surface area contributed by atoms with Gasteiger partial charge in [0, 0.05) is 11.1 Å². The molecule has 0 aliphatic carbocycles. The Balaban J connectivity index is 1.38. The number of ether oxygens (including phenoxy) is 1. The predicted octanol–water partition coefficient (Wildman–Crippen LogP) is 1.51. The maximum atomic E-state index is 12.3. The minimum Gasteiger partial charge on any atom is -0.376 e. The molecule has 4 rings (SSSR count). The molecule has 0 radical (unpaired) electrons. The zero-order valence-corrected chi connectivity index (χ0v) is 16.5. The van der Waals surface area contributed by atoms with E-state index in [-0.39, 0.29) is 23.5 Å². The molecule has 27 heavy (non-hydrogen) atoms. The average Bonchev–Trinajstić information content (AvgIpc) is 3.35. The van der Waals surface area contributed by atoms with Crippen molar-refractivity contribution in [1.82, 2.24) is 30.2 Å². The van der Waals surface area contributed by atoms with Crippen LogP contribution >= 0.6 is 27.7 Å². The van der Waals surface area contributed by atoms with Crippen LogP contribution in [-0.4, -0.2) is 54.5 Å². The molecule has 0 spiro atoms. The molecule has 3 heterocycles. The number of rotatable bonds is 6. The van der Waals surface area contributed by atoms with Gasteiger partial charge < -0.3 is 20.0 Å². The van der Waals surface area contributed by atoms with Crippen LogP contribution in [0.1, 0.15) is 12.8 Å². The van der Waals surface area contributed by atoms with Crippen LogP contribution in [0, 0.1) is 0 Å². The first kappa shape index (κ1) is 18.2. The first-order chi connectivity index (χ1) is 13.1. The first-order valence-electron chi connectivity index (χ1n) is 8.30. The van der Waals surface area contributed by atoms with Crippen molar-refractivity contribution in [3.63, 3.8) is 0 Å². The normalized spacial score (nSPS) is 16.9. The maximum absolute atomic E-state index is 12.3. The molecule has 1 aromatic carbocycles. The number of anilines is 1. The average molecular weight is 454 g/mol. The van der Waals surface area contributed by atoms with E-state index in [1.807, 2.05) is 0 Å². The third kappa shape index (κ3) is 4.22. The Kier molecular flexibility index (Phi) is 5.27. The number of nitrogens with zero attached hydrogens (tertiary/aromatic N) is 4. The Bertz CT molecular complexity index is 1020. The number of carbonyl (C=O) groups excluding carboxylic acids is 1. The summed E-state index contributed by atoms with van der Waals surface area (Å²) in [6, 6.07) is 3.43. The predicted molar refractivity (Wildman–Crippen MR) is 103 cm³/mol. The Labute approximate surface area is 165 Å². The number of fused-ring (bicyclic) bond motifs is 1. The number of halogens is 1. The summed E-state index contributed by atoms with van der Waals surface area (Å²) in [6.07, 6.45) is 2.15. The minimum atomic E-state index is -0.297. The molecule has 1 aliphatic heterocycles. The number of thioether (sulfide) groups is 1. The maximum Gasteiger partial charge on any atom is 0.323 e. The number of imidazole rings is 1. The Hall–Kier alpha value is -2.18. The van der Waals surface area contributed by atoms with Crippen LogP contribution < -0.4 is 11.0 Å². The van der Waals surface area contributed by atoms with Gasteiger partial charge in [-0.05, 0) is 51.3 Å². The molecule has 142 valence electrons. The van der Waals surface area contributed by atoms with Crippen LogP contribution in [0.2, 0.25) is 0 Å². The molecular formula is C15H16BrN7O3S. The summed E-state index contributed by atoms with van der Waals surface area (Å²) in [4.78, 5) is 29.0. The number of aromatic nitrogens is 6. The van der Waals surface area contributed by atoms with Gasteiger partial charge in [-0.25, -0.2) is 9.48 Å². The second-order valence-corrected chi connectivity index (χ2v) is 7.87. The molecule has 0 unspecified atom stereocenters. The molecule has 1 saturated heterocycles. The van der Waals surface area contributed by atoms with Gasteiger partial charge in [0.15, 0.2) is 0 Å². The van der Waals surface area contributed by atoms with Gasteiger partial charge in [-0.3, -0.25) is 4.79 Å². The van der Waals surface area contributed by atoms with Gasteiger partial charge in [-0.2, -0.15) is 0 Å². The zero-order valence-electron chi connectivity index (χ0n) is 14.1. The summed E-state index contributed by atoms with van der Waals surface area (Å²) in [5.74, 6) is -0.0513. The smallest absolute Gasteiger partial charge is 0.323 e. The van der Waals surface area contributed by atoms with Gasteiger partial charge in [-0.15, -0.1) is 5.10 Å². The van der Waals surface area contributed by atoms with E-state index < -0.39 is 0 Å². The lowest BCUT2D eigenvalue weighted by molar-refractivity contribution is -0.113. The van der Waals surface area contributed by atoms with Crippen molar-refractivity contribution in [2.24, 2.45) is 0 Å². The molecule has 3 N–H and O–H groups in total. The number of amides is 1. The van der Waals surface area contributed by atoms with Crippen molar-refractivity contribution in [2.75, 3.05) is 17.7 Å². The quantitative estimate of drug-likeness (QED) is 0.482. The second kappa shape index (κ2) is 7.82. The molecule has 1 fully saturated rings. The lowest BCUT2D eigenvalue weighted by Gasteiger charge is -2.10. The molecule has 10 nitrogen and oxygen atoms in total. The molecule has 2 aromatic heterocycles. The fourth-order valence-electron chi connectivity index (χ4n) is 2.86. The SMILES string of the molecule is O=C(CSc1nnnn1C[C@H]1CCCO1)Nc1cc2[nH]c(=O)[nH]c2cc1Br. The van der Waals surface area contributed by atoms with Gasteiger partial charge in [0.1, 0.15) is 0 Å². The van der Waals surface area contributed by atoms with E-state index in [0.717, 1.165) is 19.4 Å². The molecule has 12 heteroatoms. The number of tetrazole rings is 1. The molecular weight excluding hydrogens is 438 g/mol. The number of aromatic amines is 2. The highest BCUT2D eigenvalue weighted by Gasteiger charge is 2.19. The van der Waals surface area contributed by atoms with Crippen LogP contribution in [0.25, 0.3) is 11.0 Å². The summed E-state index contributed by atoms with van der Waals surface area (Å²) in [5.41, 5.74) is 1.55. The van der Waals surface area contributed by atoms with Crippen LogP contribution in [0.15, 0.2) is 26.6 Å². The van der Waals surface area contributed by atoms with Crippen LogP contribution in [-0.2, 0) is 16.1 Å². The van der Waals surface area contributed by atoms with Crippen molar-refractivity contribution in [3.05, 3.63) is 27.1 Å². The topological polar surface area (TPSA) is 131 Å². The Morgan fingerprint density at radius 1 is 1.41 bits per heavy atom. The number of nitrogens with one attached hydrogen (secondary N) is 3. The van der Waals surface area contributed by atoms with Gasteiger partial charge in [-0.1, -0.05) is 11.8 Å². The van der Waals surface area contributed by atoms with Gasteiger partial charge >= 0.3 is 5.69 Å². The fourth-order valence-corrected chi connectivity index (χ4v) is 3.99. The number of hydrogen-bond acceptors (Lipinski definition) is 7. The minimum absolute atomic E-state index is 0.118. The Morgan fingerprint density at radius 3 is 3.00 bits per heavy atom. The van der Waals surface area contributed by atoms with E-state index in [1.54, 1.807) is 16.8 Å². The fraction of sp³-hybridized carbons (Fsp3) is 0.400. The lowest BCUT2D eigenvalue weighted by atomic mass is 10.2. The number of hydrogen-bond donors (Lipinski definition) is 3. The monoisotopic (exact) mass is 453 g/mol. The Morgan fingerprint density at radius 2 is 2.22 bits per heavy atom. The summed E-state index contributed by atoms with van der Waals surface area (Å²) in [7, 11) is 0. The summed E-state index contributed by atoms with van der Waals surface area (Å²) >= 11 is 4.66. The number of carbonyl (C=O) groups is 1. The molecule has 0 bridgehead atoms. The van der Waals surface area contributed by atoms with Crippen molar-refractivity contribution in [1.29, 1.82) is 0 Å². The standard InChI is InChI=1S/C15H16BrN7O3S/c16-9-4-11-12(19-14(25)18-11)5-10(9)17-13(24)7-27-15-20-21-22-23(15)6-8-2-1-3-26-8/h4-5,8H,1-3,6-7H2,(H,17,24)(H2,18,19,25)/t8-/m1/s1. The van der Waals surface area contributed by atoms with E-state index in [4.69, 9.17) is 4.74 Å². The van der Waals surface area contributed by atoms with E-state index in [9.17, 15) is 9.59 Å². The largest absolute Gasteiger partial charge is 0.376 e. The highest BCUT2D eigenvalue weighted by Crippen LogP contribution is 2.27. The molecule has 3 aromatic rings. The molecule has 0 saturated carbocycles. The first-order valence-corrected chi connectivity index (χ1v) is 10.1. The summed E-state index contributed by atoms with van der Waals surface area (Å²) < 4.78 is 7.94.